The molecule has 0 radical (unpaired) electrons. The van der Waals surface area contributed by atoms with Crippen LogP contribution >= 0.6 is 0 Å². The second-order valence-electron chi connectivity index (χ2n) is 4.98. The van der Waals surface area contributed by atoms with Gasteiger partial charge in [0.25, 0.3) is 10.0 Å². The lowest BCUT2D eigenvalue weighted by molar-refractivity contribution is 0.0600. The number of esters is 1. The summed E-state index contributed by atoms with van der Waals surface area (Å²) in [6.07, 6.45) is 0. The van der Waals surface area contributed by atoms with Crippen LogP contribution in [0, 0.1) is 0 Å². The average molecular weight is 349 g/mol. The summed E-state index contributed by atoms with van der Waals surface area (Å²) in [5.74, 6) is 0.438. The van der Waals surface area contributed by atoms with Crippen molar-refractivity contribution in [3.05, 3.63) is 48.0 Å². The molecule has 0 fully saturated rings. The first-order valence-corrected chi connectivity index (χ1v) is 8.59. The molecule has 0 aromatic heterocycles. The van der Waals surface area contributed by atoms with Gasteiger partial charge in [0.1, 0.15) is 13.2 Å². The number of anilines is 1. The number of nitrogens with one attached hydrogen (secondary N) is 1. The standard InChI is InChI=1S/C16H15NO6S/c1-21-16(18)11-3-2-4-13(9-11)24(19,20)17-12-5-6-14-15(10-12)23-8-7-22-14/h2-6,9-10,17H,7-8H2,1H3. The lowest BCUT2D eigenvalue weighted by Crippen LogP contribution is -2.17. The van der Waals surface area contributed by atoms with Crippen LogP contribution in [0.15, 0.2) is 47.4 Å². The van der Waals surface area contributed by atoms with Crippen molar-refractivity contribution in [3.63, 3.8) is 0 Å². The molecule has 0 saturated heterocycles. The van der Waals surface area contributed by atoms with Crippen LogP contribution in [-0.4, -0.2) is 34.7 Å². The van der Waals surface area contributed by atoms with E-state index in [0.717, 1.165) is 0 Å². The molecule has 3 rings (SSSR count). The second-order valence-corrected chi connectivity index (χ2v) is 6.67. The van der Waals surface area contributed by atoms with Gasteiger partial charge in [0.05, 0.1) is 23.3 Å². The second kappa shape index (κ2) is 6.40. The number of carbonyl (C=O) groups excluding carboxylic acids is 1. The van der Waals surface area contributed by atoms with Gasteiger partial charge in [-0.2, -0.15) is 0 Å². The molecule has 24 heavy (non-hydrogen) atoms. The van der Waals surface area contributed by atoms with Crippen molar-refractivity contribution >= 4 is 21.7 Å². The lowest BCUT2D eigenvalue weighted by atomic mass is 10.2. The molecule has 7 nitrogen and oxygen atoms in total. The number of sulfonamides is 1. The van der Waals surface area contributed by atoms with Crippen LogP contribution in [0.2, 0.25) is 0 Å². The molecular weight excluding hydrogens is 334 g/mol. The monoisotopic (exact) mass is 349 g/mol. The SMILES string of the molecule is COC(=O)c1cccc(S(=O)(=O)Nc2ccc3c(c2)OCCO3)c1. The van der Waals surface area contributed by atoms with E-state index in [4.69, 9.17) is 9.47 Å². The van der Waals surface area contributed by atoms with Crippen molar-refractivity contribution in [2.75, 3.05) is 25.0 Å². The van der Waals surface area contributed by atoms with E-state index in [-0.39, 0.29) is 10.5 Å². The third-order valence-corrected chi connectivity index (χ3v) is 4.74. The van der Waals surface area contributed by atoms with E-state index in [1.807, 2.05) is 0 Å². The highest BCUT2D eigenvalue weighted by Crippen LogP contribution is 2.33. The Morgan fingerprint density at radius 1 is 1.08 bits per heavy atom. The van der Waals surface area contributed by atoms with Crippen molar-refractivity contribution in [1.82, 2.24) is 0 Å². The van der Waals surface area contributed by atoms with Crippen molar-refractivity contribution in [2.24, 2.45) is 0 Å². The minimum Gasteiger partial charge on any atom is -0.486 e. The zero-order valence-corrected chi connectivity index (χ0v) is 13.6. The number of methoxy groups -OCH3 is 1. The predicted molar refractivity (Wildman–Crippen MR) is 86.0 cm³/mol. The highest BCUT2D eigenvalue weighted by Gasteiger charge is 2.18. The summed E-state index contributed by atoms with van der Waals surface area (Å²) >= 11 is 0. The summed E-state index contributed by atoms with van der Waals surface area (Å²) in [6.45, 7) is 0.864. The Morgan fingerprint density at radius 3 is 2.58 bits per heavy atom. The van der Waals surface area contributed by atoms with Crippen molar-refractivity contribution < 1.29 is 27.4 Å². The fourth-order valence-electron chi connectivity index (χ4n) is 2.23. The normalized spacial score (nSPS) is 13.2. The van der Waals surface area contributed by atoms with E-state index in [2.05, 4.69) is 9.46 Å². The summed E-state index contributed by atoms with van der Waals surface area (Å²) in [5.41, 5.74) is 0.491. The summed E-state index contributed by atoms with van der Waals surface area (Å²) in [6, 6.07) is 10.4. The fraction of sp³-hybridized carbons (Fsp3) is 0.188. The molecule has 1 N–H and O–H groups in total. The summed E-state index contributed by atoms with van der Waals surface area (Å²) in [4.78, 5) is 11.5. The number of hydrogen-bond acceptors (Lipinski definition) is 6. The predicted octanol–water partition coefficient (Wildman–Crippen LogP) is 2.05. The maximum atomic E-state index is 12.5. The number of benzene rings is 2. The maximum Gasteiger partial charge on any atom is 0.337 e. The van der Waals surface area contributed by atoms with E-state index in [1.54, 1.807) is 18.2 Å². The Balaban J connectivity index is 1.87. The zero-order valence-electron chi connectivity index (χ0n) is 12.8. The number of carbonyl (C=O) groups is 1. The zero-order chi connectivity index (χ0) is 17.2. The molecule has 0 saturated carbocycles. The van der Waals surface area contributed by atoms with Gasteiger partial charge in [0.2, 0.25) is 0 Å². The molecule has 1 aliphatic rings. The Kier molecular flexibility index (Phi) is 4.30. The first kappa shape index (κ1) is 16.1. The van der Waals surface area contributed by atoms with Crippen LogP contribution in [-0.2, 0) is 14.8 Å². The van der Waals surface area contributed by atoms with E-state index in [1.165, 1.54) is 31.4 Å². The first-order valence-electron chi connectivity index (χ1n) is 7.10. The summed E-state index contributed by atoms with van der Waals surface area (Å²) in [7, 11) is -2.63. The molecule has 0 unspecified atom stereocenters. The molecule has 2 aromatic rings. The molecule has 0 atom stereocenters. The minimum absolute atomic E-state index is 0.0414. The quantitative estimate of drug-likeness (QED) is 0.850. The van der Waals surface area contributed by atoms with Gasteiger partial charge in [-0.3, -0.25) is 4.72 Å². The van der Waals surface area contributed by atoms with Gasteiger partial charge in [-0.15, -0.1) is 0 Å². The van der Waals surface area contributed by atoms with Crippen molar-refractivity contribution in [2.45, 2.75) is 4.90 Å². The maximum absolute atomic E-state index is 12.5. The molecule has 126 valence electrons. The summed E-state index contributed by atoms with van der Waals surface area (Å²) < 4.78 is 42.9. The third kappa shape index (κ3) is 3.28. The van der Waals surface area contributed by atoms with Gasteiger partial charge in [0, 0.05) is 6.07 Å². The average Bonchev–Trinajstić information content (AvgIpc) is 2.60. The van der Waals surface area contributed by atoms with E-state index in [0.29, 0.717) is 30.4 Å². The summed E-state index contributed by atoms with van der Waals surface area (Å²) in [5, 5.41) is 0. The van der Waals surface area contributed by atoms with Crippen LogP contribution in [0.5, 0.6) is 11.5 Å². The Labute approximate surface area is 139 Å². The Hall–Kier alpha value is -2.74. The van der Waals surface area contributed by atoms with Crippen LogP contribution in [0.1, 0.15) is 10.4 Å². The minimum atomic E-state index is -3.86. The largest absolute Gasteiger partial charge is 0.486 e. The molecule has 1 heterocycles. The van der Waals surface area contributed by atoms with Gasteiger partial charge >= 0.3 is 5.97 Å². The van der Waals surface area contributed by atoms with E-state index < -0.39 is 16.0 Å². The van der Waals surface area contributed by atoms with E-state index in [9.17, 15) is 13.2 Å². The van der Waals surface area contributed by atoms with Crippen LogP contribution in [0.25, 0.3) is 0 Å². The van der Waals surface area contributed by atoms with Crippen LogP contribution in [0.3, 0.4) is 0 Å². The van der Waals surface area contributed by atoms with Gasteiger partial charge < -0.3 is 14.2 Å². The molecular formula is C16H15NO6S. The number of ether oxygens (including phenoxy) is 3. The molecule has 0 aliphatic carbocycles. The molecule has 8 heteroatoms. The number of hydrogen-bond donors (Lipinski definition) is 1. The molecule has 0 amide bonds. The molecule has 0 spiro atoms. The molecule has 2 aromatic carbocycles. The number of rotatable bonds is 4. The van der Waals surface area contributed by atoms with Crippen molar-refractivity contribution in [3.8, 4) is 11.5 Å². The van der Waals surface area contributed by atoms with Gasteiger partial charge in [-0.05, 0) is 30.3 Å². The highest BCUT2D eigenvalue weighted by molar-refractivity contribution is 7.92. The highest BCUT2D eigenvalue weighted by atomic mass is 32.2. The van der Waals surface area contributed by atoms with E-state index >= 15 is 0 Å². The fourth-order valence-corrected chi connectivity index (χ4v) is 3.32. The number of fused-ring (bicyclic) bond motifs is 1. The molecule has 0 bridgehead atoms. The molecule has 1 aliphatic heterocycles. The van der Waals surface area contributed by atoms with Crippen molar-refractivity contribution in [1.29, 1.82) is 0 Å². The van der Waals surface area contributed by atoms with Gasteiger partial charge in [0.15, 0.2) is 11.5 Å². The topological polar surface area (TPSA) is 90.9 Å². The smallest absolute Gasteiger partial charge is 0.337 e. The van der Waals surface area contributed by atoms with Gasteiger partial charge in [-0.25, -0.2) is 13.2 Å². The lowest BCUT2D eigenvalue weighted by Gasteiger charge is -2.19. The Bertz CT molecular complexity index is 878. The van der Waals surface area contributed by atoms with Crippen LogP contribution < -0.4 is 14.2 Å². The van der Waals surface area contributed by atoms with Gasteiger partial charge in [-0.1, -0.05) is 6.07 Å². The Morgan fingerprint density at radius 2 is 1.83 bits per heavy atom. The first-order chi connectivity index (χ1) is 11.5. The van der Waals surface area contributed by atoms with Crippen LogP contribution in [0.4, 0.5) is 5.69 Å². The third-order valence-electron chi connectivity index (χ3n) is 3.36.